The number of anilines is 1. The first-order valence-corrected chi connectivity index (χ1v) is 3.53. The average Bonchev–Trinajstić information content (AvgIpc) is 1.59. The third-order valence-corrected chi connectivity index (χ3v) is 1.38. The average molecular weight is 235 g/mol. The first kappa shape index (κ1) is 6.73. The van der Waals surface area contributed by atoms with Gasteiger partial charge in [0.05, 0.1) is 0 Å². The standard InChI is InChI=1S/C5H6IN3/c1-3-8-4(6)2-5(7)9-3/h2H,1H3,(H2,7,8,9). The van der Waals surface area contributed by atoms with E-state index in [9.17, 15) is 0 Å². The van der Waals surface area contributed by atoms with Gasteiger partial charge in [-0.05, 0) is 29.5 Å². The van der Waals surface area contributed by atoms with Gasteiger partial charge in [-0.3, -0.25) is 0 Å². The van der Waals surface area contributed by atoms with Crippen molar-refractivity contribution < 1.29 is 0 Å². The molecule has 1 aromatic rings. The van der Waals surface area contributed by atoms with E-state index < -0.39 is 0 Å². The Labute approximate surface area is 66.8 Å². The van der Waals surface area contributed by atoms with E-state index >= 15 is 0 Å². The van der Waals surface area contributed by atoms with Crippen LogP contribution in [0.4, 0.5) is 5.82 Å². The van der Waals surface area contributed by atoms with Gasteiger partial charge in [-0.15, -0.1) is 0 Å². The van der Waals surface area contributed by atoms with E-state index in [1.807, 2.05) is 6.92 Å². The predicted molar refractivity (Wildman–Crippen MR) is 43.9 cm³/mol. The van der Waals surface area contributed by atoms with Crippen LogP contribution in [-0.4, -0.2) is 9.97 Å². The largest absolute Gasteiger partial charge is 0.384 e. The third-order valence-electron chi connectivity index (χ3n) is 0.827. The second-order valence-electron chi connectivity index (χ2n) is 1.66. The minimum Gasteiger partial charge on any atom is -0.384 e. The van der Waals surface area contributed by atoms with E-state index in [2.05, 4.69) is 32.6 Å². The van der Waals surface area contributed by atoms with Gasteiger partial charge in [0.2, 0.25) is 0 Å². The molecule has 2 N–H and O–H groups in total. The summed E-state index contributed by atoms with van der Waals surface area (Å²) in [5, 5.41) is 0. The molecule has 4 heteroatoms. The van der Waals surface area contributed by atoms with E-state index in [-0.39, 0.29) is 0 Å². The van der Waals surface area contributed by atoms with Crippen LogP contribution in [0.1, 0.15) is 5.82 Å². The zero-order chi connectivity index (χ0) is 6.85. The van der Waals surface area contributed by atoms with Crippen molar-refractivity contribution in [3.63, 3.8) is 0 Å². The van der Waals surface area contributed by atoms with Crippen LogP contribution in [0, 0.1) is 10.6 Å². The SMILES string of the molecule is Cc1nc(N)cc(I)n1. The number of nitrogen functional groups attached to an aromatic ring is 1. The van der Waals surface area contributed by atoms with Gasteiger partial charge in [-0.1, -0.05) is 0 Å². The maximum atomic E-state index is 5.40. The summed E-state index contributed by atoms with van der Waals surface area (Å²) in [4.78, 5) is 7.93. The van der Waals surface area contributed by atoms with E-state index in [4.69, 9.17) is 5.73 Å². The predicted octanol–water partition coefficient (Wildman–Crippen LogP) is 0.972. The van der Waals surface area contributed by atoms with E-state index in [1.165, 1.54) is 0 Å². The molecule has 0 aliphatic rings. The van der Waals surface area contributed by atoms with Crippen molar-refractivity contribution in [1.29, 1.82) is 0 Å². The molecule has 0 aliphatic carbocycles. The number of nitrogens with two attached hydrogens (primary N) is 1. The second kappa shape index (κ2) is 2.47. The number of hydrogen-bond acceptors (Lipinski definition) is 3. The van der Waals surface area contributed by atoms with Crippen LogP contribution < -0.4 is 5.73 Å². The monoisotopic (exact) mass is 235 g/mol. The van der Waals surface area contributed by atoms with Crippen LogP contribution in [0.15, 0.2) is 6.07 Å². The van der Waals surface area contributed by atoms with Gasteiger partial charge in [0.25, 0.3) is 0 Å². The minimum atomic E-state index is 0.534. The lowest BCUT2D eigenvalue weighted by molar-refractivity contribution is 1.04. The van der Waals surface area contributed by atoms with Crippen LogP contribution in [-0.2, 0) is 0 Å². The maximum absolute atomic E-state index is 5.40. The van der Waals surface area contributed by atoms with E-state index in [0.717, 1.165) is 9.53 Å². The molecule has 0 saturated heterocycles. The summed E-state index contributed by atoms with van der Waals surface area (Å²) in [6.07, 6.45) is 0. The Morgan fingerprint density at radius 3 is 2.67 bits per heavy atom. The number of rotatable bonds is 0. The van der Waals surface area contributed by atoms with Gasteiger partial charge in [0.15, 0.2) is 0 Å². The molecular formula is C5H6IN3. The van der Waals surface area contributed by atoms with Crippen molar-refractivity contribution in [3.05, 3.63) is 15.6 Å². The first-order valence-electron chi connectivity index (χ1n) is 2.45. The van der Waals surface area contributed by atoms with Crippen molar-refractivity contribution in [2.24, 2.45) is 0 Å². The van der Waals surface area contributed by atoms with Gasteiger partial charge < -0.3 is 5.73 Å². The summed E-state index contributed by atoms with van der Waals surface area (Å²) in [6, 6.07) is 1.73. The fourth-order valence-corrected chi connectivity index (χ4v) is 1.22. The van der Waals surface area contributed by atoms with Crippen LogP contribution in [0.25, 0.3) is 0 Å². The summed E-state index contributed by atoms with van der Waals surface area (Å²) < 4.78 is 0.887. The van der Waals surface area contributed by atoms with Gasteiger partial charge in [-0.2, -0.15) is 0 Å². The van der Waals surface area contributed by atoms with E-state index in [0.29, 0.717) is 5.82 Å². The molecule has 0 amide bonds. The summed E-state index contributed by atoms with van der Waals surface area (Å²) in [7, 11) is 0. The summed E-state index contributed by atoms with van der Waals surface area (Å²) in [6.45, 7) is 1.82. The van der Waals surface area contributed by atoms with Gasteiger partial charge in [0.1, 0.15) is 15.3 Å². The van der Waals surface area contributed by atoms with Gasteiger partial charge in [0, 0.05) is 6.07 Å². The molecule has 1 aromatic heterocycles. The number of halogens is 1. The molecule has 48 valence electrons. The molecule has 0 radical (unpaired) electrons. The first-order chi connectivity index (χ1) is 4.18. The zero-order valence-electron chi connectivity index (χ0n) is 4.93. The van der Waals surface area contributed by atoms with Crippen molar-refractivity contribution in [1.82, 2.24) is 9.97 Å². The van der Waals surface area contributed by atoms with E-state index in [1.54, 1.807) is 6.07 Å². The highest BCUT2D eigenvalue weighted by molar-refractivity contribution is 14.1. The Morgan fingerprint density at radius 1 is 1.56 bits per heavy atom. The van der Waals surface area contributed by atoms with Crippen molar-refractivity contribution in [3.8, 4) is 0 Å². The van der Waals surface area contributed by atoms with Crippen LogP contribution >= 0.6 is 22.6 Å². The molecular weight excluding hydrogens is 229 g/mol. The molecule has 0 unspecified atom stereocenters. The summed E-state index contributed by atoms with van der Waals surface area (Å²) in [5.74, 6) is 1.26. The van der Waals surface area contributed by atoms with Crippen molar-refractivity contribution in [2.45, 2.75) is 6.92 Å². The second-order valence-corrected chi connectivity index (χ2v) is 2.77. The molecule has 0 bridgehead atoms. The molecule has 0 aliphatic heterocycles. The fourth-order valence-electron chi connectivity index (χ4n) is 0.553. The zero-order valence-corrected chi connectivity index (χ0v) is 7.08. The molecule has 1 rings (SSSR count). The van der Waals surface area contributed by atoms with Crippen LogP contribution in [0.5, 0.6) is 0 Å². The molecule has 0 atom stereocenters. The quantitative estimate of drug-likeness (QED) is 0.538. The smallest absolute Gasteiger partial charge is 0.128 e. The number of aryl methyl sites for hydroxylation is 1. The minimum absolute atomic E-state index is 0.534. The number of aromatic nitrogens is 2. The fraction of sp³-hybridized carbons (Fsp3) is 0.200. The lowest BCUT2D eigenvalue weighted by Gasteiger charge is -1.93. The molecule has 9 heavy (non-hydrogen) atoms. The lowest BCUT2D eigenvalue weighted by atomic mass is 10.6. The molecule has 0 saturated carbocycles. The molecule has 3 nitrogen and oxygen atoms in total. The van der Waals surface area contributed by atoms with Gasteiger partial charge >= 0.3 is 0 Å². The summed E-state index contributed by atoms with van der Waals surface area (Å²) >= 11 is 2.10. The highest BCUT2D eigenvalue weighted by atomic mass is 127. The van der Waals surface area contributed by atoms with Crippen molar-refractivity contribution >= 4 is 28.4 Å². The molecule has 1 heterocycles. The topological polar surface area (TPSA) is 51.8 Å². The third kappa shape index (κ3) is 1.78. The van der Waals surface area contributed by atoms with Crippen LogP contribution in [0.3, 0.4) is 0 Å². The molecule has 0 spiro atoms. The van der Waals surface area contributed by atoms with Gasteiger partial charge in [-0.25, -0.2) is 9.97 Å². The Kier molecular flexibility index (Phi) is 1.84. The number of nitrogens with zero attached hydrogens (tertiary/aromatic N) is 2. The molecule has 0 fully saturated rings. The van der Waals surface area contributed by atoms with Crippen molar-refractivity contribution in [2.75, 3.05) is 5.73 Å². The normalized spacial score (nSPS) is 9.56. The Hall–Kier alpha value is -0.390. The Balaban J connectivity index is 3.17. The molecule has 0 aromatic carbocycles. The number of hydrogen-bond donors (Lipinski definition) is 1. The Morgan fingerprint density at radius 2 is 2.22 bits per heavy atom. The van der Waals surface area contributed by atoms with Crippen LogP contribution in [0.2, 0.25) is 0 Å². The highest BCUT2D eigenvalue weighted by Gasteiger charge is 1.92. The lowest BCUT2D eigenvalue weighted by Crippen LogP contribution is -1.96. The summed E-state index contributed by atoms with van der Waals surface area (Å²) in [5.41, 5.74) is 5.40. The highest BCUT2D eigenvalue weighted by Crippen LogP contribution is 2.03. The Bertz CT molecular complexity index is 173. The maximum Gasteiger partial charge on any atom is 0.128 e.